The van der Waals surface area contributed by atoms with Gasteiger partial charge >= 0.3 is 11.9 Å². The number of nitro benzene ring substituents is 1. The van der Waals surface area contributed by atoms with Crippen LogP contribution in [0.2, 0.25) is 0 Å². The number of carbonyl (C=O) groups excluding carboxylic acids is 3. The average Bonchev–Trinajstić information content (AvgIpc) is 2.76. The third kappa shape index (κ3) is 7.19. The SMILES string of the molecule is COC(=O)[C@@H](Cc1ccccc1)NC(=O)COC(=O)/C=C/c1cccc([N+](=O)[O-])c1. The zero-order chi connectivity index (χ0) is 21.9. The van der Waals surface area contributed by atoms with Crippen LogP contribution in [0.4, 0.5) is 5.69 Å². The van der Waals surface area contributed by atoms with Crippen molar-refractivity contribution in [3.8, 4) is 0 Å². The highest BCUT2D eigenvalue weighted by Gasteiger charge is 2.22. The molecule has 0 bridgehead atoms. The van der Waals surface area contributed by atoms with Gasteiger partial charge in [-0.05, 0) is 17.2 Å². The fourth-order valence-corrected chi connectivity index (χ4v) is 2.51. The van der Waals surface area contributed by atoms with Gasteiger partial charge in [-0.15, -0.1) is 0 Å². The summed E-state index contributed by atoms with van der Waals surface area (Å²) in [6.07, 6.45) is 2.61. The Kier molecular flexibility index (Phi) is 8.25. The van der Waals surface area contributed by atoms with Crippen LogP contribution in [0.5, 0.6) is 0 Å². The van der Waals surface area contributed by atoms with Gasteiger partial charge in [0.05, 0.1) is 12.0 Å². The second kappa shape index (κ2) is 11.1. The van der Waals surface area contributed by atoms with E-state index in [1.54, 1.807) is 30.3 Å². The van der Waals surface area contributed by atoms with Crippen molar-refractivity contribution in [3.63, 3.8) is 0 Å². The molecule has 0 saturated carbocycles. The molecule has 0 aliphatic carbocycles. The number of hydrogen-bond acceptors (Lipinski definition) is 7. The summed E-state index contributed by atoms with van der Waals surface area (Å²) in [6, 6.07) is 13.8. The molecule has 9 heteroatoms. The van der Waals surface area contributed by atoms with Crippen LogP contribution >= 0.6 is 0 Å². The summed E-state index contributed by atoms with van der Waals surface area (Å²) in [6.45, 7) is -0.597. The Balaban J connectivity index is 1.88. The second-order valence-electron chi connectivity index (χ2n) is 6.13. The molecule has 2 aromatic carbocycles. The van der Waals surface area contributed by atoms with Gasteiger partial charge < -0.3 is 14.8 Å². The van der Waals surface area contributed by atoms with Crippen molar-refractivity contribution >= 4 is 29.6 Å². The van der Waals surface area contributed by atoms with Gasteiger partial charge in [0.25, 0.3) is 11.6 Å². The van der Waals surface area contributed by atoms with Crippen LogP contribution in [0.1, 0.15) is 11.1 Å². The number of nitrogens with zero attached hydrogens (tertiary/aromatic N) is 1. The van der Waals surface area contributed by atoms with Gasteiger partial charge in [-0.2, -0.15) is 0 Å². The summed E-state index contributed by atoms with van der Waals surface area (Å²) < 4.78 is 9.55. The third-order valence-electron chi connectivity index (χ3n) is 3.94. The predicted octanol–water partition coefficient (Wildman–Crippen LogP) is 2.05. The van der Waals surface area contributed by atoms with Gasteiger partial charge in [0.2, 0.25) is 0 Å². The van der Waals surface area contributed by atoms with Crippen molar-refractivity contribution in [2.45, 2.75) is 12.5 Å². The topological polar surface area (TPSA) is 125 Å². The maximum absolute atomic E-state index is 12.1. The molecule has 9 nitrogen and oxygen atoms in total. The Morgan fingerprint density at radius 3 is 2.53 bits per heavy atom. The molecule has 0 radical (unpaired) electrons. The maximum Gasteiger partial charge on any atom is 0.331 e. The van der Waals surface area contributed by atoms with Gasteiger partial charge in [-0.25, -0.2) is 9.59 Å². The molecule has 0 aliphatic heterocycles. The van der Waals surface area contributed by atoms with E-state index < -0.39 is 35.4 Å². The lowest BCUT2D eigenvalue weighted by Gasteiger charge is -2.16. The molecule has 30 heavy (non-hydrogen) atoms. The first-order valence-electron chi connectivity index (χ1n) is 8.89. The van der Waals surface area contributed by atoms with E-state index in [2.05, 4.69) is 5.32 Å². The standard InChI is InChI=1S/C21H20N2O7/c1-29-21(26)18(13-15-6-3-2-4-7-15)22-19(24)14-30-20(25)11-10-16-8-5-9-17(12-16)23(27)28/h2-12,18H,13-14H2,1H3,(H,22,24)/b11-10+/t18-/m1/s1. The molecule has 156 valence electrons. The normalized spacial score (nSPS) is 11.5. The quantitative estimate of drug-likeness (QED) is 0.289. The number of amides is 1. The summed E-state index contributed by atoms with van der Waals surface area (Å²) in [7, 11) is 1.21. The van der Waals surface area contributed by atoms with Gasteiger partial charge in [-0.3, -0.25) is 14.9 Å². The van der Waals surface area contributed by atoms with Crippen LogP contribution in [-0.2, 0) is 30.3 Å². The van der Waals surface area contributed by atoms with Crippen molar-refractivity contribution < 1.29 is 28.8 Å². The van der Waals surface area contributed by atoms with Crippen molar-refractivity contribution in [3.05, 3.63) is 81.9 Å². The van der Waals surface area contributed by atoms with Crippen molar-refractivity contribution in [2.24, 2.45) is 0 Å². The molecule has 0 saturated heterocycles. The second-order valence-corrected chi connectivity index (χ2v) is 6.13. The zero-order valence-corrected chi connectivity index (χ0v) is 16.1. The number of rotatable bonds is 9. The number of carbonyl (C=O) groups is 3. The van der Waals surface area contributed by atoms with Gasteiger partial charge in [0.1, 0.15) is 6.04 Å². The zero-order valence-electron chi connectivity index (χ0n) is 16.1. The predicted molar refractivity (Wildman–Crippen MR) is 107 cm³/mol. The molecular weight excluding hydrogens is 392 g/mol. The number of ether oxygens (including phenoxy) is 2. The van der Waals surface area contributed by atoms with Crippen LogP contribution in [0, 0.1) is 10.1 Å². The van der Waals surface area contributed by atoms with E-state index in [0.29, 0.717) is 5.56 Å². The lowest BCUT2D eigenvalue weighted by atomic mass is 10.1. The molecule has 0 aliphatic rings. The number of hydrogen-bond donors (Lipinski definition) is 1. The average molecular weight is 412 g/mol. The molecule has 1 amide bonds. The van der Waals surface area contributed by atoms with Crippen LogP contribution in [0.3, 0.4) is 0 Å². The first-order valence-corrected chi connectivity index (χ1v) is 8.89. The van der Waals surface area contributed by atoms with Crippen molar-refractivity contribution in [1.82, 2.24) is 5.32 Å². The van der Waals surface area contributed by atoms with E-state index in [1.165, 1.54) is 31.4 Å². The molecule has 0 spiro atoms. The smallest absolute Gasteiger partial charge is 0.331 e. The van der Waals surface area contributed by atoms with E-state index >= 15 is 0 Å². The monoisotopic (exact) mass is 412 g/mol. The fraction of sp³-hybridized carbons (Fsp3) is 0.190. The minimum Gasteiger partial charge on any atom is -0.467 e. The molecule has 1 atom stereocenters. The summed E-state index contributed by atoms with van der Waals surface area (Å²) in [4.78, 5) is 46.0. The van der Waals surface area contributed by atoms with E-state index in [1.807, 2.05) is 6.07 Å². The van der Waals surface area contributed by atoms with Crippen molar-refractivity contribution in [1.29, 1.82) is 0 Å². The van der Waals surface area contributed by atoms with Crippen LogP contribution in [0.25, 0.3) is 6.08 Å². The lowest BCUT2D eigenvalue weighted by molar-refractivity contribution is -0.384. The van der Waals surface area contributed by atoms with Gasteiger partial charge in [0.15, 0.2) is 6.61 Å². The highest BCUT2D eigenvalue weighted by Crippen LogP contribution is 2.14. The summed E-state index contributed by atoms with van der Waals surface area (Å²) >= 11 is 0. The maximum atomic E-state index is 12.1. The third-order valence-corrected chi connectivity index (χ3v) is 3.94. The molecule has 0 unspecified atom stereocenters. The Labute approximate surface area is 172 Å². The van der Waals surface area contributed by atoms with E-state index in [4.69, 9.17) is 9.47 Å². The number of nitro groups is 1. The van der Waals surface area contributed by atoms with Gasteiger partial charge in [0, 0.05) is 24.6 Å². The summed E-state index contributed by atoms with van der Waals surface area (Å²) in [5.41, 5.74) is 1.14. The Bertz CT molecular complexity index is 941. The van der Waals surface area contributed by atoms with Crippen LogP contribution < -0.4 is 5.32 Å². The first kappa shape index (κ1) is 22.3. The Morgan fingerprint density at radius 1 is 1.13 bits per heavy atom. The van der Waals surface area contributed by atoms with Crippen LogP contribution in [0.15, 0.2) is 60.7 Å². The number of esters is 2. The Hall–Kier alpha value is -4.01. The highest BCUT2D eigenvalue weighted by atomic mass is 16.6. The lowest BCUT2D eigenvalue weighted by Crippen LogP contribution is -2.44. The van der Waals surface area contributed by atoms with Crippen molar-refractivity contribution in [2.75, 3.05) is 13.7 Å². The molecule has 2 aromatic rings. The summed E-state index contributed by atoms with van der Waals surface area (Å²) in [5, 5.41) is 13.2. The number of benzene rings is 2. The van der Waals surface area contributed by atoms with Crippen LogP contribution in [-0.4, -0.2) is 42.5 Å². The molecular formula is C21H20N2O7. The Morgan fingerprint density at radius 2 is 1.87 bits per heavy atom. The van der Waals surface area contributed by atoms with E-state index in [0.717, 1.165) is 11.6 Å². The van der Waals surface area contributed by atoms with E-state index in [9.17, 15) is 24.5 Å². The minimum atomic E-state index is -0.927. The molecule has 0 fully saturated rings. The molecule has 1 N–H and O–H groups in total. The van der Waals surface area contributed by atoms with Gasteiger partial charge in [-0.1, -0.05) is 42.5 Å². The molecule has 2 rings (SSSR count). The fourth-order valence-electron chi connectivity index (χ4n) is 2.51. The minimum absolute atomic E-state index is 0.114. The first-order chi connectivity index (χ1) is 14.4. The summed E-state index contributed by atoms with van der Waals surface area (Å²) in [5.74, 6) is -2.10. The number of methoxy groups -OCH3 is 1. The number of nitrogens with one attached hydrogen (secondary N) is 1. The van der Waals surface area contributed by atoms with E-state index in [-0.39, 0.29) is 12.1 Å². The molecule has 0 aromatic heterocycles. The highest BCUT2D eigenvalue weighted by molar-refractivity contribution is 5.90. The largest absolute Gasteiger partial charge is 0.467 e. The molecule has 0 heterocycles. The number of non-ortho nitro benzene ring substituents is 1.